The van der Waals surface area contributed by atoms with E-state index in [1.807, 2.05) is 6.92 Å². The average molecular weight is 402 g/mol. The molecule has 0 aliphatic rings. The number of carboxylic acids is 1. The third-order valence-corrected chi connectivity index (χ3v) is 5.30. The van der Waals surface area contributed by atoms with Crippen LogP contribution in [0.3, 0.4) is 0 Å². The van der Waals surface area contributed by atoms with Crippen molar-refractivity contribution in [1.29, 1.82) is 0 Å². The zero-order valence-corrected chi connectivity index (χ0v) is 18.1. The number of carboxylic acid groups (broad SMARTS) is 1. The fourth-order valence-corrected chi connectivity index (χ4v) is 3.22. The Labute approximate surface area is 167 Å². The minimum atomic E-state index is -1.15. The van der Waals surface area contributed by atoms with Gasteiger partial charge in [0.15, 0.2) is 0 Å². The Morgan fingerprint density at radius 1 is 1.04 bits per heavy atom. The number of esters is 2. The van der Waals surface area contributed by atoms with E-state index >= 15 is 0 Å². The Balaban J connectivity index is 5.79. The van der Waals surface area contributed by atoms with Crippen molar-refractivity contribution < 1.29 is 33.8 Å². The van der Waals surface area contributed by atoms with Crippen molar-refractivity contribution in [2.24, 2.45) is 22.7 Å². The summed E-state index contributed by atoms with van der Waals surface area (Å²) in [7, 11) is 2.76. The summed E-state index contributed by atoms with van der Waals surface area (Å²) in [5.41, 5.74) is -2.06. The van der Waals surface area contributed by atoms with Gasteiger partial charge in [-0.15, -0.1) is 0 Å². The van der Waals surface area contributed by atoms with Gasteiger partial charge in [0.25, 0.3) is 0 Å². The summed E-state index contributed by atoms with van der Waals surface area (Å²) in [6.45, 7) is 8.45. The lowest BCUT2D eigenvalue weighted by Crippen LogP contribution is -2.39. The van der Waals surface area contributed by atoms with Crippen molar-refractivity contribution in [2.75, 3.05) is 20.8 Å². The van der Waals surface area contributed by atoms with E-state index in [0.29, 0.717) is 6.42 Å². The molecule has 3 atom stereocenters. The maximum Gasteiger partial charge on any atom is 0.311 e. The van der Waals surface area contributed by atoms with E-state index < -0.39 is 40.6 Å². The zero-order valence-electron chi connectivity index (χ0n) is 18.1. The number of methoxy groups -OCH3 is 1. The predicted molar refractivity (Wildman–Crippen MR) is 103 cm³/mol. The molecule has 1 amide bonds. The number of hydrogen-bond donors (Lipinski definition) is 2. The van der Waals surface area contributed by atoms with Gasteiger partial charge in [0.2, 0.25) is 5.91 Å². The van der Waals surface area contributed by atoms with Crippen molar-refractivity contribution in [3.05, 3.63) is 0 Å². The van der Waals surface area contributed by atoms with Gasteiger partial charge in [0.1, 0.15) is 0 Å². The van der Waals surface area contributed by atoms with Crippen LogP contribution in [0.4, 0.5) is 0 Å². The summed E-state index contributed by atoms with van der Waals surface area (Å²) in [6, 6.07) is 0. The van der Waals surface area contributed by atoms with Crippen LogP contribution in [0.25, 0.3) is 0 Å². The first-order chi connectivity index (χ1) is 12.9. The average Bonchev–Trinajstić information content (AvgIpc) is 2.64. The van der Waals surface area contributed by atoms with E-state index in [-0.39, 0.29) is 31.8 Å². The van der Waals surface area contributed by atoms with Crippen LogP contribution < -0.4 is 5.32 Å². The highest BCUT2D eigenvalue weighted by Gasteiger charge is 2.41. The topological polar surface area (TPSA) is 119 Å². The van der Waals surface area contributed by atoms with Crippen molar-refractivity contribution in [3.8, 4) is 0 Å². The Kier molecular flexibility index (Phi) is 10.2. The third-order valence-electron chi connectivity index (χ3n) is 5.30. The van der Waals surface area contributed by atoms with Crippen LogP contribution in [0.5, 0.6) is 0 Å². The standard InChI is InChI=1S/C20H35NO7/c1-8-20(5,18(26)27-7)12-14(16(23)28-9-2)10-13(15(22)21-6)11-19(3,4)17(24)25/h13-14H,8-12H2,1-7H3,(H,21,22)(H,24,25). The zero-order chi connectivity index (χ0) is 22.1. The summed E-state index contributed by atoms with van der Waals surface area (Å²) in [4.78, 5) is 48.7. The predicted octanol–water partition coefficient (Wildman–Crippen LogP) is 2.40. The van der Waals surface area contributed by atoms with E-state index in [0.717, 1.165) is 0 Å². The molecule has 3 unspecified atom stereocenters. The molecule has 0 aromatic heterocycles. The molecule has 8 nitrogen and oxygen atoms in total. The van der Waals surface area contributed by atoms with Crippen molar-refractivity contribution >= 4 is 23.8 Å². The number of hydrogen-bond acceptors (Lipinski definition) is 6. The molecule has 0 heterocycles. The molecule has 0 fully saturated rings. The Morgan fingerprint density at radius 2 is 1.61 bits per heavy atom. The number of aliphatic carboxylic acids is 1. The molecule has 0 aromatic rings. The third kappa shape index (κ3) is 7.13. The summed E-state index contributed by atoms with van der Waals surface area (Å²) >= 11 is 0. The minimum absolute atomic E-state index is 0.0545. The lowest BCUT2D eigenvalue weighted by Gasteiger charge is -2.32. The van der Waals surface area contributed by atoms with Gasteiger partial charge in [-0.25, -0.2) is 0 Å². The first-order valence-corrected chi connectivity index (χ1v) is 9.58. The first-order valence-electron chi connectivity index (χ1n) is 9.58. The minimum Gasteiger partial charge on any atom is -0.481 e. The smallest absolute Gasteiger partial charge is 0.311 e. The lowest BCUT2D eigenvalue weighted by molar-refractivity contribution is -0.157. The quantitative estimate of drug-likeness (QED) is 0.482. The SMILES string of the molecule is CCOC(=O)C(CC(CC(C)(C)C(=O)O)C(=O)NC)CC(C)(CC)C(=O)OC. The van der Waals surface area contributed by atoms with Crippen LogP contribution in [-0.4, -0.2) is 49.7 Å². The molecule has 0 spiro atoms. The van der Waals surface area contributed by atoms with Gasteiger partial charge < -0.3 is 19.9 Å². The van der Waals surface area contributed by atoms with Crippen molar-refractivity contribution in [2.45, 2.75) is 60.3 Å². The van der Waals surface area contributed by atoms with Gasteiger partial charge in [-0.3, -0.25) is 19.2 Å². The monoisotopic (exact) mass is 401 g/mol. The molecule has 28 heavy (non-hydrogen) atoms. The first kappa shape index (κ1) is 25.9. The highest BCUT2D eigenvalue weighted by atomic mass is 16.5. The second-order valence-electron chi connectivity index (χ2n) is 8.00. The van der Waals surface area contributed by atoms with Gasteiger partial charge in [-0.2, -0.15) is 0 Å². The summed E-state index contributed by atoms with van der Waals surface area (Å²) in [5.74, 6) is -3.78. The summed E-state index contributed by atoms with van der Waals surface area (Å²) in [5, 5.41) is 12.0. The molecule has 0 rings (SSSR count). The van der Waals surface area contributed by atoms with Crippen LogP contribution >= 0.6 is 0 Å². The Morgan fingerprint density at radius 3 is 2.00 bits per heavy atom. The van der Waals surface area contributed by atoms with Gasteiger partial charge in [0.05, 0.1) is 30.5 Å². The number of rotatable bonds is 12. The molecule has 2 N–H and O–H groups in total. The van der Waals surface area contributed by atoms with E-state index in [2.05, 4.69) is 5.32 Å². The maximum absolute atomic E-state index is 12.6. The fraction of sp³-hybridized carbons (Fsp3) is 0.800. The molecule has 0 radical (unpaired) electrons. The number of ether oxygens (including phenoxy) is 2. The van der Waals surface area contributed by atoms with Gasteiger partial charge >= 0.3 is 17.9 Å². The van der Waals surface area contributed by atoms with Crippen molar-refractivity contribution in [1.82, 2.24) is 5.32 Å². The maximum atomic E-state index is 12.6. The van der Waals surface area contributed by atoms with Crippen molar-refractivity contribution in [3.63, 3.8) is 0 Å². The van der Waals surface area contributed by atoms with E-state index in [1.165, 1.54) is 28.0 Å². The van der Waals surface area contributed by atoms with Crippen LogP contribution in [0, 0.1) is 22.7 Å². The lowest BCUT2D eigenvalue weighted by atomic mass is 9.73. The number of amides is 1. The Hall–Kier alpha value is -2.12. The Bertz CT molecular complexity index is 573. The summed E-state index contributed by atoms with van der Waals surface area (Å²) < 4.78 is 10.0. The van der Waals surface area contributed by atoms with E-state index in [9.17, 15) is 24.3 Å². The van der Waals surface area contributed by atoms with Gasteiger partial charge in [0, 0.05) is 13.0 Å². The second-order valence-corrected chi connectivity index (χ2v) is 8.00. The van der Waals surface area contributed by atoms with Gasteiger partial charge in [-0.1, -0.05) is 6.92 Å². The molecule has 0 saturated heterocycles. The van der Waals surface area contributed by atoms with Crippen LogP contribution in [0.15, 0.2) is 0 Å². The molecule has 0 aliphatic heterocycles. The highest BCUT2D eigenvalue weighted by Crippen LogP contribution is 2.37. The molecule has 0 bridgehead atoms. The number of nitrogens with one attached hydrogen (secondary N) is 1. The van der Waals surface area contributed by atoms with Crippen LogP contribution in [0.2, 0.25) is 0 Å². The molecule has 0 saturated carbocycles. The molecular weight excluding hydrogens is 366 g/mol. The normalized spacial score (nSPS) is 15.7. The molecule has 8 heteroatoms. The largest absolute Gasteiger partial charge is 0.481 e. The molecular formula is C20H35NO7. The van der Waals surface area contributed by atoms with Crippen LogP contribution in [0.1, 0.15) is 60.3 Å². The summed E-state index contributed by atoms with van der Waals surface area (Å²) in [6.07, 6.45) is 0.734. The highest BCUT2D eigenvalue weighted by molar-refractivity contribution is 5.82. The van der Waals surface area contributed by atoms with Crippen LogP contribution in [-0.2, 0) is 28.7 Å². The van der Waals surface area contributed by atoms with Gasteiger partial charge in [-0.05, 0) is 53.4 Å². The van der Waals surface area contributed by atoms with E-state index in [4.69, 9.17) is 9.47 Å². The fourth-order valence-electron chi connectivity index (χ4n) is 3.22. The number of carbonyl (C=O) groups excluding carboxylic acids is 3. The molecule has 0 aromatic carbocycles. The van der Waals surface area contributed by atoms with E-state index in [1.54, 1.807) is 13.8 Å². The molecule has 162 valence electrons. The second kappa shape index (κ2) is 11.0. The number of carbonyl (C=O) groups is 4. The molecule has 0 aliphatic carbocycles.